The molecule has 2 aromatic carbocycles. The van der Waals surface area contributed by atoms with Crippen LogP contribution >= 0.6 is 0 Å². The third-order valence-electron chi connectivity index (χ3n) is 4.94. The molecule has 0 N–H and O–H groups in total. The lowest BCUT2D eigenvalue weighted by atomic mass is 9.72. The van der Waals surface area contributed by atoms with Crippen LogP contribution in [0, 0.1) is 12.0 Å². The van der Waals surface area contributed by atoms with Gasteiger partial charge >= 0.3 is 11.9 Å². The monoisotopic (exact) mass is 388 g/mol. The lowest BCUT2D eigenvalue weighted by Gasteiger charge is -2.32. The first kappa shape index (κ1) is 20.4. The first-order valence-corrected chi connectivity index (χ1v) is 9.67. The van der Waals surface area contributed by atoms with Crippen LogP contribution in [-0.2, 0) is 19.7 Å². The molecule has 0 saturated heterocycles. The average Bonchev–Trinajstić information content (AvgIpc) is 2.71. The molecule has 29 heavy (non-hydrogen) atoms. The van der Waals surface area contributed by atoms with Crippen molar-refractivity contribution in [3.63, 3.8) is 0 Å². The number of rotatable bonds is 4. The van der Waals surface area contributed by atoms with E-state index in [0.717, 1.165) is 28.7 Å². The number of benzene rings is 2. The third-order valence-corrected chi connectivity index (χ3v) is 4.94. The number of fused-ring (bicyclic) bond motifs is 1. The topological polar surface area (TPSA) is 52.6 Å². The Kier molecular flexibility index (Phi) is 6.19. The molecule has 0 heterocycles. The highest BCUT2D eigenvalue weighted by atomic mass is 16.5. The van der Waals surface area contributed by atoms with Crippen molar-refractivity contribution in [3.05, 3.63) is 76.9 Å². The predicted octanol–water partition coefficient (Wildman–Crippen LogP) is 4.87. The molecule has 0 fully saturated rings. The van der Waals surface area contributed by atoms with Gasteiger partial charge in [-0.2, -0.15) is 0 Å². The molecule has 4 nitrogen and oxygen atoms in total. The van der Waals surface area contributed by atoms with Crippen LogP contribution in [0.5, 0.6) is 0 Å². The molecular formula is C25H24O4. The smallest absolute Gasteiger partial charge is 0.352 e. The Morgan fingerprint density at radius 1 is 1.10 bits per heavy atom. The zero-order valence-corrected chi connectivity index (χ0v) is 17.0. The second-order valence-electron chi connectivity index (χ2n) is 7.54. The summed E-state index contributed by atoms with van der Waals surface area (Å²) in [7, 11) is 0. The van der Waals surface area contributed by atoms with E-state index in [2.05, 4.69) is 32.0 Å². The van der Waals surface area contributed by atoms with Crippen molar-refractivity contribution in [2.24, 2.45) is 0 Å². The molecule has 0 aromatic heterocycles. The molecule has 0 bridgehead atoms. The highest BCUT2D eigenvalue weighted by molar-refractivity contribution is 5.90. The summed E-state index contributed by atoms with van der Waals surface area (Å²) >= 11 is 0. The molecule has 0 radical (unpaired) electrons. The second-order valence-corrected chi connectivity index (χ2v) is 7.54. The van der Waals surface area contributed by atoms with Crippen molar-refractivity contribution >= 4 is 17.5 Å². The van der Waals surface area contributed by atoms with Gasteiger partial charge in [0.2, 0.25) is 0 Å². The SMILES string of the molecule is CCOC(=O)CC1=CCC(C)(C)c2cc(C#COC(=O)c3ccccc3)ccc21. The van der Waals surface area contributed by atoms with Gasteiger partial charge in [0.25, 0.3) is 0 Å². The summed E-state index contributed by atoms with van der Waals surface area (Å²) in [6, 6.07) is 14.6. The molecule has 1 aliphatic rings. The number of hydrogen-bond donors (Lipinski definition) is 0. The Hall–Kier alpha value is -3.32. The summed E-state index contributed by atoms with van der Waals surface area (Å²) in [6.07, 6.45) is 5.71. The molecule has 2 aromatic rings. The van der Waals surface area contributed by atoms with Crippen LogP contribution < -0.4 is 0 Å². The van der Waals surface area contributed by atoms with Crippen molar-refractivity contribution < 1.29 is 19.1 Å². The maximum absolute atomic E-state index is 12.0. The molecular weight excluding hydrogens is 364 g/mol. The molecule has 148 valence electrons. The van der Waals surface area contributed by atoms with E-state index in [1.807, 2.05) is 24.3 Å². The number of esters is 2. The Labute approximate surface area is 171 Å². The standard InChI is InChI=1S/C25H24O4/c1-4-28-23(26)17-20-12-14-25(2,3)22-16-18(10-11-21(20)22)13-15-29-24(27)19-8-6-5-7-9-19/h5-12,16H,4,14,17H2,1-3H3. The van der Waals surface area contributed by atoms with Gasteiger partial charge in [-0.3, -0.25) is 4.79 Å². The quantitative estimate of drug-likeness (QED) is 0.554. The zero-order chi connectivity index (χ0) is 20.9. The van der Waals surface area contributed by atoms with E-state index < -0.39 is 5.97 Å². The number of hydrogen-bond acceptors (Lipinski definition) is 4. The van der Waals surface area contributed by atoms with Crippen LogP contribution in [0.1, 0.15) is 60.7 Å². The van der Waals surface area contributed by atoms with Gasteiger partial charge in [0.05, 0.1) is 18.6 Å². The van der Waals surface area contributed by atoms with Crippen molar-refractivity contribution in [2.45, 2.75) is 39.0 Å². The molecule has 0 unspecified atom stereocenters. The Morgan fingerprint density at radius 3 is 2.59 bits per heavy atom. The Bertz CT molecular complexity index is 1000. The third kappa shape index (κ3) is 4.94. The van der Waals surface area contributed by atoms with Crippen LogP contribution in [0.15, 0.2) is 54.6 Å². The Morgan fingerprint density at radius 2 is 1.86 bits per heavy atom. The molecule has 0 spiro atoms. The van der Waals surface area contributed by atoms with Crippen molar-refractivity contribution in [2.75, 3.05) is 6.61 Å². The number of carbonyl (C=O) groups is 2. The van der Waals surface area contributed by atoms with E-state index in [4.69, 9.17) is 9.47 Å². The van der Waals surface area contributed by atoms with Crippen LogP contribution in [0.2, 0.25) is 0 Å². The van der Waals surface area contributed by atoms with E-state index in [1.54, 1.807) is 31.2 Å². The first-order valence-electron chi connectivity index (χ1n) is 9.67. The normalized spacial score (nSPS) is 14.0. The van der Waals surface area contributed by atoms with E-state index >= 15 is 0 Å². The molecule has 0 amide bonds. The lowest BCUT2D eigenvalue weighted by molar-refractivity contribution is -0.141. The average molecular weight is 388 g/mol. The fraction of sp³-hybridized carbons (Fsp3) is 0.280. The van der Waals surface area contributed by atoms with Crippen molar-refractivity contribution in [1.82, 2.24) is 0 Å². The van der Waals surface area contributed by atoms with Crippen LogP contribution in [0.25, 0.3) is 5.57 Å². The summed E-state index contributed by atoms with van der Waals surface area (Å²) < 4.78 is 10.2. The van der Waals surface area contributed by atoms with E-state index in [-0.39, 0.29) is 17.8 Å². The van der Waals surface area contributed by atoms with E-state index in [1.165, 1.54) is 0 Å². The summed E-state index contributed by atoms with van der Waals surface area (Å²) in [6.45, 7) is 6.51. The van der Waals surface area contributed by atoms with Crippen LogP contribution in [0.3, 0.4) is 0 Å². The minimum absolute atomic E-state index is 0.0775. The number of allylic oxidation sites excluding steroid dienone is 1. The molecule has 4 heteroatoms. The number of carbonyl (C=O) groups excluding carboxylic acids is 2. The summed E-state index contributed by atoms with van der Waals surface area (Å²) in [5.41, 5.74) is 4.29. The largest absolute Gasteiger partial charge is 0.466 e. The molecule has 0 saturated carbocycles. The molecule has 0 aliphatic heterocycles. The van der Waals surface area contributed by atoms with Crippen LogP contribution in [0.4, 0.5) is 0 Å². The fourth-order valence-electron chi connectivity index (χ4n) is 3.36. The summed E-state index contributed by atoms with van der Waals surface area (Å²) in [4.78, 5) is 23.9. The van der Waals surface area contributed by atoms with Crippen molar-refractivity contribution in [1.29, 1.82) is 0 Å². The predicted molar refractivity (Wildman–Crippen MR) is 112 cm³/mol. The van der Waals surface area contributed by atoms with Gasteiger partial charge in [-0.15, -0.1) is 0 Å². The molecule has 0 atom stereocenters. The fourth-order valence-corrected chi connectivity index (χ4v) is 3.36. The summed E-state index contributed by atoms with van der Waals surface area (Å²) in [5.74, 6) is 2.21. The maximum atomic E-state index is 12.0. The van der Waals surface area contributed by atoms with Gasteiger partial charge in [-0.05, 0) is 65.6 Å². The second kappa shape index (κ2) is 8.79. The van der Waals surface area contributed by atoms with Gasteiger partial charge in [-0.1, -0.05) is 44.2 Å². The van der Waals surface area contributed by atoms with Crippen LogP contribution in [-0.4, -0.2) is 18.5 Å². The minimum atomic E-state index is -0.476. The minimum Gasteiger partial charge on any atom is -0.466 e. The van der Waals surface area contributed by atoms with E-state index in [9.17, 15) is 9.59 Å². The Balaban J connectivity index is 1.80. The van der Waals surface area contributed by atoms with Gasteiger partial charge in [0.15, 0.2) is 0 Å². The molecule has 3 rings (SSSR count). The van der Waals surface area contributed by atoms with Gasteiger partial charge in [0.1, 0.15) is 6.11 Å². The lowest BCUT2D eigenvalue weighted by Crippen LogP contribution is -2.22. The maximum Gasteiger partial charge on any atom is 0.352 e. The first-order chi connectivity index (χ1) is 13.9. The highest BCUT2D eigenvalue weighted by Crippen LogP contribution is 2.40. The van der Waals surface area contributed by atoms with Gasteiger partial charge < -0.3 is 9.47 Å². The highest BCUT2D eigenvalue weighted by Gasteiger charge is 2.29. The zero-order valence-electron chi connectivity index (χ0n) is 17.0. The van der Waals surface area contributed by atoms with E-state index in [0.29, 0.717) is 12.2 Å². The van der Waals surface area contributed by atoms with Gasteiger partial charge in [0, 0.05) is 5.56 Å². The van der Waals surface area contributed by atoms with Crippen molar-refractivity contribution in [3.8, 4) is 12.0 Å². The summed E-state index contributed by atoms with van der Waals surface area (Å²) in [5, 5.41) is 0. The molecule has 1 aliphatic carbocycles. The van der Waals surface area contributed by atoms with Gasteiger partial charge in [-0.25, -0.2) is 4.79 Å². The number of ether oxygens (including phenoxy) is 2.